The van der Waals surface area contributed by atoms with Gasteiger partial charge in [0, 0.05) is 6.20 Å². The standard InChI is InChI=1S/C10H13NO2/c1-7-5-4-6-11-9(7)8(2)10(12)13-3/h4-6,8H,1-3H3. The van der Waals surface area contributed by atoms with Crippen molar-refractivity contribution in [1.82, 2.24) is 4.98 Å². The van der Waals surface area contributed by atoms with Crippen LogP contribution >= 0.6 is 0 Å². The molecule has 0 saturated carbocycles. The summed E-state index contributed by atoms with van der Waals surface area (Å²) in [5, 5.41) is 0. The fraction of sp³-hybridized carbons (Fsp3) is 0.400. The van der Waals surface area contributed by atoms with E-state index in [4.69, 9.17) is 0 Å². The number of rotatable bonds is 2. The molecule has 0 radical (unpaired) electrons. The van der Waals surface area contributed by atoms with Crippen molar-refractivity contribution >= 4 is 5.97 Å². The number of aryl methyl sites for hydroxylation is 1. The summed E-state index contributed by atoms with van der Waals surface area (Å²) in [5.74, 6) is -0.534. The molecule has 0 aliphatic carbocycles. The lowest BCUT2D eigenvalue weighted by molar-refractivity contribution is -0.142. The van der Waals surface area contributed by atoms with Crippen LogP contribution in [0.5, 0.6) is 0 Å². The van der Waals surface area contributed by atoms with E-state index in [-0.39, 0.29) is 11.9 Å². The third kappa shape index (κ3) is 2.05. The average molecular weight is 179 g/mol. The van der Waals surface area contributed by atoms with Gasteiger partial charge in [-0.3, -0.25) is 9.78 Å². The summed E-state index contributed by atoms with van der Waals surface area (Å²) in [4.78, 5) is 15.3. The molecule has 0 bridgehead atoms. The first-order valence-electron chi connectivity index (χ1n) is 4.16. The van der Waals surface area contributed by atoms with Crippen LogP contribution in [-0.2, 0) is 9.53 Å². The molecule has 1 unspecified atom stereocenters. The molecular weight excluding hydrogens is 166 g/mol. The van der Waals surface area contributed by atoms with E-state index in [1.807, 2.05) is 19.1 Å². The number of hydrogen-bond donors (Lipinski definition) is 0. The van der Waals surface area contributed by atoms with Gasteiger partial charge in [0.1, 0.15) is 0 Å². The molecule has 1 heterocycles. The Bertz CT molecular complexity index is 310. The number of ether oxygens (including phenoxy) is 1. The first-order valence-corrected chi connectivity index (χ1v) is 4.16. The first kappa shape index (κ1) is 9.71. The van der Waals surface area contributed by atoms with Gasteiger partial charge in [-0.15, -0.1) is 0 Å². The Kier molecular flexibility index (Phi) is 3.01. The first-order chi connectivity index (χ1) is 6.16. The summed E-state index contributed by atoms with van der Waals surface area (Å²) in [6.07, 6.45) is 1.68. The normalized spacial score (nSPS) is 12.2. The van der Waals surface area contributed by atoms with Gasteiger partial charge in [0.05, 0.1) is 18.7 Å². The molecule has 1 rings (SSSR count). The number of aromatic nitrogens is 1. The van der Waals surface area contributed by atoms with Crippen LogP contribution in [0.2, 0.25) is 0 Å². The van der Waals surface area contributed by atoms with E-state index >= 15 is 0 Å². The van der Waals surface area contributed by atoms with Crippen LogP contribution in [0.3, 0.4) is 0 Å². The van der Waals surface area contributed by atoms with E-state index in [1.54, 1.807) is 13.1 Å². The number of carbonyl (C=O) groups excluding carboxylic acids is 1. The summed E-state index contributed by atoms with van der Waals surface area (Å²) in [6, 6.07) is 3.78. The molecule has 0 aliphatic rings. The smallest absolute Gasteiger partial charge is 0.314 e. The maximum absolute atomic E-state index is 11.2. The highest BCUT2D eigenvalue weighted by atomic mass is 16.5. The van der Waals surface area contributed by atoms with E-state index in [9.17, 15) is 4.79 Å². The Balaban J connectivity index is 2.95. The second-order valence-corrected chi connectivity index (χ2v) is 2.95. The van der Waals surface area contributed by atoms with Crippen molar-refractivity contribution in [2.45, 2.75) is 19.8 Å². The van der Waals surface area contributed by atoms with Gasteiger partial charge in [0.25, 0.3) is 0 Å². The van der Waals surface area contributed by atoms with Crippen LogP contribution in [0, 0.1) is 6.92 Å². The lowest BCUT2D eigenvalue weighted by atomic mass is 10.0. The van der Waals surface area contributed by atoms with Gasteiger partial charge in [-0.1, -0.05) is 6.07 Å². The predicted octanol–water partition coefficient (Wildman–Crippen LogP) is 1.67. The minimum absolute atomic E-state index is 0.248. The lowest BCUT2D eigenvalue weighted by Gasteiger charge is -2.10. The van der Waals surface area contributed by atoms with E-state index in [1.165, 1.54) is 7.11 Å². The number of esters is 1. The molecule has 1 aromatic heterocycles. The molecule has 1 aromatic rings. The molecule has 1 atom stereocenters. The van der Waals surface area contributed by atoms with Gasteiger partial charge in [0.15, 0.2) is 0 Å². The predicted molar refractivity (Wildman–Crippen MR) is 49.4 cm³/mol. The van der Waals surface area contributed by atoms with Crippen LogP contribution in [0.1, 0.15) is 24.1 Å². The number of nitrogens with zero attached hydrogens (tertiary/aromatic N) is 1. The molecule has 3 heteroatoms. The van der Waals surface area contributed by atoms with E-state index in [0.29, 0.717) is 0 Å². The van der Waals surface area contributed by atoms with Crippen LogP contribution in [-0.4, -0.2) is 18.1 Å². The molecular formula is C10H13NO2. The van der Waals surface area contributed by atoms with Crippen molar-refractivity contribution in [3.63, 3.8) is 0 Å². The highest BCUT2D eigenvalue weighted by molar-refractivity contribution is 5.77. The SMILES string of the molecule is COC(=O)C(C)c1ncccc1C. The van der Waals surface area contributed by atoms with Crippen molar-refractivity contribution in [1.29, 1.82) is 0 Å². The number of pyridine rings is 1. The maximum Gasteiger partial charge on any atom is 0.314 e. The van der Waals surface area contributed by atoms with Gasteiger partial charge in [0.2, 0.25) is 0 Å². The highest BCUT2D eigenvalue weighted by Gasteiger charge is 2.18. The van der Waals surface area contributed by atoms with Crippen LogP contribution in [0.15, 0.2) is 18.3 Å². The molecule has 0 N–H and O–H groups in total. The fourth-order valence-corrected chi connectivity index (χ4v) is 1.24. The van der Waals surface area contributed by atoms with Crippen molar-refractivity contribution < 1.29 is 9.53 Å². The minimum Gasteiger partial charge on any atom is -0.469 e. The largest absolute Gasteiger partial charge is 0.469 e. The summed E-state index contributed by atoms with van der Waals surface area (Å²) in [7, 11) is 1.39. The molecule has 3 nitrogen and oxygen atoms in total. The molecule has 0 fully saturated rings. The zero-order valence-corrected chi connectivity index (χ0v) is 8.07. The number of methoxy groups -OCH3 is 1. The summed E-state index contributed by atoms with van der Waals surface area (Å²) in [6.45, 7) is 3.73. The zero-order chi connectivity index (χ0) is 9.84. The topological polar surface area (TPSA) is 39.2 Å². The quantitative estimate of drug-likeness (QED) is 0.648. The Labute approximate surface area is 77.8 Å². The number of carbonyl (C=O) groups is 1. The monoisotopic (exact) mass is 179 g/mol. The zero-order valence-electron chi connectivity index (χ0n) is 8.07. The molecule has 13 heavy (non-hydrogen) atoms. The Morgan fingerprint density at radius 3 is 2.85 bits per heavy atom. The molecule has 0 saturated heterocycles. The van der Waals surface area contributed by atoms with Gasteiger partial charge >= 0.3 is 5.97 Å². The lowest BCUT2D eigenvalue weighted by Crippen LogP contribution is -2.13. The Morgan fingerprint density at radius 2 is 2.31 bits per heavy atom. The highest BCUT2D eigenvalue weighted by Crippen LogP contribution is 2.17. The van der Waals surface area contributed by atoms with Crippen LogP contribution < -0.4 is 0 Å². The third-order valence-corrected chi connectivity index (χ3v) is 2.01. The third-order valence-electron chi connectivity index (χ3n) is 2.01. The van der Waals surface area contributed by atoms with E-state index in [2.05, 4.69) is 9.72 Å². The van der Waals surface area contributed by atoms with E-state index < -0.39 is 0 Å². The minimum atomic E-state index is -0.286. The Morgan fingerprint density at radius 1 is 1.62 bits per heavy atom. The van der Waals surface area contributed by atoms with Gasteiger partial charge < -0.3 is 4.74 Å². The molecule has 0 aromatic carbocycles. The van der Waals surface area contributed by atoms with E-state index in [0.717, 1.165) is 11.3 Å². The van der Waals surface area contributed by atoms with Crippen LogP contribution in [0.25, 0.3) is 0 Å². The second kappa shape index (κ2) is 4.03. The second-order valence-electron chi connectivity index (χ2n) is 2.95. The summed E-state index contributed by atoms with van der Waals surface area (Å²) in [5.41, 5.74) is 1.80. The van der Waals surface area contributed by atoms with Gasteiger partial charge in [-0.2, -0.15) is 0 Å². The summed E-state index contributed by atoms with van der Waals surface area (Å²) >= 11 is 0. The van der Waals surface area contributed by atoms with Gasteiger partial charge in [-0.25, -0.2) is 0 Å². The van der Waals surface area contributed by atoms with Gasteiger partial charge in [-0.05, 0) is 25.5 Å². The van der Waals surface area contributed by atoms with Crippen LogP contribution in [0.4, 0.5) is 0 Å². The number of hydrogen-bond acceptors (Lipinski definition) is 3. The van der Waals surface area contributed by atoms with Crippen molar-refractivity contribution in [3.05, 3.63) is 29.6 Å². The average Bonchev–Trinajstić information content (AvgIpc) is 2.16. The fourth-order valence-electron chi connectivity index (χ4n) is 1.24. The molecule has 70 valence electrons. The van der Waals surface area contributed by atoms with Crippen molar-refractivity contribution in [2.75, 3.05) is 7.11 Å². The summed E-state index contributed by atoms with van der Waals surface area (Å²) < 4.78 is 4.64. The molecule has 0 aliphatic heterocycles. The molecule has 0 spiro atoms. The maximum atomic E-state index is 11.2. The Hall–Kier alpha value is -1.38. The molecule has 0 amide bonds. The van der Waals surface area contributed by atoms with Crippen molar-refractivity contribution in [2.24, 2.45) is 0 Å². The van der Waals surface area contributed by atoms with Crippen molar-refractivity contribution in [3.8, 4) is 0 Å².